The van der Waals surface area contributed by atoms with Gasteiger partial charge in [0.1, 0.15) is 0 Å². The van der Waals surface area contributed by atoms with Crippen LogP contribution in [0.4, 0.5) is 0 Å². The maximum atomic E-state index is 11.2. The van der Waals surface area contributed by atoms with E-state index in [1.807, 2.05) is 6.92 Å². The molecule has 6 heteroatoms. The van der Waals surface area contributed by atoms with Crippen LogP contribution in [-0.2, 0) is 4.79 Å². The number of carbonyl (C=O) groups is 1. The van der Waals surface area contributed by atoms with E-state index >= 15 is 0 Å². The Morgan fingerprint density at radius 1 is 1.54 bits per heavy atom. The number of hydrogen-bond acceptors (Lipinski definition) is 4. The second-order valence-electron chi connectivity index (χ2n) is 2.21. The van der Waals surface area contributed by atoms with Crippen LogP contribution in [-0.4, -0.2) is 30.5 Å². The summed E-state index contributed by atoms with van der Waals surface area (Å²) in [4.78, 5) is 11.2. The highest BCUT2D eigenvalue weighted by Crippen LogP contribution is 2.06. The number of carbonyl (C=O) groups excluding carboxylic acids is 1. The van der Waals surface area contributed by atoms with Gasteiger partial charge in [0.2, 0.25) is 5.12 Å². The molecule has 0 aliphatic rings. The third-order valence-electron chi connectivity index (χ3n) is 1.40. The Balaban J connectivity index is -0.000000500. The zero-order valence-electron chi connectivity index (χ0n) is 7.91. The van der Waals surface area contributed by atoms with E-state index in [9.17, 15) is 4.79 Å². The molecule has 82 valence electrons. The minimum Gasteiger partial charge on any atom is -0.330 e. The van der Waals surface area contributed by atoms with E-state index < -0.39 is 0 Å². The molecule has 0 aromatic heterocycles. The zero-order chi connectivity index (χ0) is 8.69. The molecular weight excluding hydrogens is 231 g/mol. The summed E-state index contributed by atoms with van der Waals surface area (Å²) < 4.78 is 0. The maximum absolute atomic E-state index is 11.2. The third-order valence-corrected chi connectivity index (χ3v) is 2.41. The molecule has 0 fully saturated rings. The molecule has 0 aromatic rings. The quantitative estimate of drug-likeness (QED) is 0.764. The molecule has 0 saturated heterocycles. The van der Waals surface area contributed by atoms with Gasteiger partial charge in [-0.1, -0.05) is 18.7 Å². The number of nitrogens with two attached hydrogens (primary N) is 1. The number of nitrogens with one attached hydrogen (secondary N) is 1. The van der Waals surface area contributed by atoms with Gasteiger partial charge in [-0.25, -0.2) is 0 Å². The summed E-state index contributed by atoms with van der Waals surface area (Å²) in [6.45, 7) is 2.55. The van der Waals surface area contributed by atoms with Gasteiger partial charge in [-0.05, 0) is 13.5 Å². The highest BCUT2D eigenvalue weighted by atomic mass is 35.5. The molecule has 0 amide bonds. The van der Waals surface area contributed by atoms with Gasteiger partial charge in [0.25, 0.3) is 0 Å². The molecule has 1 unspecified atom stereocenters. The van der Waals surface area contributed by atoms with Gasteiger partial charge in [-0.2, -0.15) is 0 Å². The number of thioether (sulfide) groups is 1. The zero-order valence-corrected chi connectivity index (χ0v) is 10.4. The van der Waals surface area contributed by atoms with Gasteiger partial charge in [-0.3, -0.25) is 4.79 Å². The summed E-state index contributed by atoms with van der Waals surface area (Å²) >= 11 is 1.31. The lowest BCUT2D eigenvalue weighted by Gasteiger charge is -2.10. The molecule has 0 radical (unpaired) electrons. The average molecular weight is 249 g/mol. The first-order valence-electron chi connectivity index (χ1n) is 3.80. The van der Waals surface area contributed by atoms with Crippen LogP contribution in [0.15, 0.2) is 0 Å². The second-order valence-corrected chi connectivity index (χ2v) is 3.30. The predicted molar refractivity (Wildman–Crippen MR) is 64.2 cm³/mol. The van der Waals surface area contributed by atoms with Crippen LogP contribution >= 0.6 is 36.6 Å². The predicted octanol–water partition coefficient (Wildman–Crippen LogP) is 1.05. The van der Waals surface area contributed by atoms with Gasteiger partial charge in [-0.15, -0.1) is 24.8 Å². The van der Waals surface area contributed by atoms with Crippen molar-refractivity contribution in [3.8, 4) is 0 Å². The van der Waals surface area contributed by atoms with Crippen LogP contribution in [0.3, 0.4) is 0 Å². The summed E-state index contributed by atoms with van der Waals surface area (Å²) in [6.07, 6.45) is 0.840. The molecule has 0 rings (SSSR count). The molecule has 3 nitrogen and oxygen atoms in total. The second kappa shape index (κ2) is 12.5. The topological polar surface area (TPSA) is 55.1 Å². The molecule has 3 N–H and O–H groups in total. The Bertz CT molecular complexity index is 123. The van der Waals surface area contributed by atoms with E-state index in [0.717, 1.165) is 12.2 Å². The van der Waals surface area contributed by atoms with Crippen LogP contribution in [0.25, 0.3) is 0 Å². The van der Waals surface area contributed by atoms with Gasteiger partial charge >= 0.3 is 0 Å². The van der Waals surface area contributed by atoms with Crippen molar-refractivity contribution in [2.45, 2.75) is 19.4 Å². The van der Waals surface area contributed by atoms with Crippen molar-refractivity contribution in [2.75, 3.05) is 19.3 Å². The van der Waals surface area contributed by atoms with Crippen LogP contribution < -0.4 is 11.1 Å². The van der Waals surface area contributed by atoms with Gasteiger partial charge < -0.3 is 11.1 Å². The summed E-state index contributed by atoms with van der Waals surface area (Å²) in [5.41, 5.74) is 5.27. The third kappa shape index (κ3) is 8.84. The number of likely N-dealkylation sites (N-methyl/N-ethyl adjacent to an activating group) is 1. The van der Waals surface area contributed by atoms with Crippen LogP contribution in [0.1, 0.15) is 13.3 Å². The van der Waals surface area contributed by atoms with Crippen molar-refractivity contribution >= 4 is 41.7 Å². The molecule has 0 aliphatic heterocycles. The molecule has 1 atom stereocenters. The molecule has 0 heterocycles. The van der Waals surface area contributed by atoms with Crippen molar-refractivity contribution in [3.63, 3.8) is 0 Å². The number of rotatable bonds is 5. The number of halogens is 2. The summed E-state index contributed by atoms with van der Waals surface area (Å²) in [5.74, 6) is 0.719. The van der Waals surface area contributed by atoms with Gasteiger partial charge in [0.05, 0.1) is 6.04 Å². The van der Waals surface area contributed by atoms with Gasteiger partial charge in [0, 0.05) is 12.3 Å². The first kappa shape index (κ1) is 19.1. The molecule has 0 aromatic carbocycles. The van der Waals surface area contributed by atoms with Crippen LogP contribution in [0, 0.1) is 0 Å². The lowest BCUT2D eigenvalue weighted by atomic mass is 10.2. The first-order chi connectivity index (χ1) is 5.26. The van der Waals surface area contributed by atoms with Crippen LogP contribution in [0.5, 0.6) is 0 Å². The van der Waals surface area contributed by atoms with E-state index in [0.29, 0.717) is 6.54 Å². The lowest BCUT2D eigenvalue weighted by molar-refractivity contribution is -0.112. The Labute approximate surface area is 96.4 Å². The fourth-order valence-electron chi connectivity index (χ4n) is 0.749. The molecule has 0 aliphatic carbocycles. The van der Waals surface area contributed by atoms with Crippen molar-refractivity contribution in [1.29, 1.82) is 0 Å². The molecular formula is C7H18Cl2N2OS. The van der Waals surface area contributed by atoms with E-state index in [1.165, 1.54) is 11.8 Å². The Hall–Kier alpha value is 0.520. The lowest BCUT2D eigenvalue weighted by Crippen LogP contribution is -2.31. The molecule has 13 heavy (non-hydrogen) atoms. The van der Waals surface area contributed by atoms with E-state index in [2.05, 4.69) is 5.32 Å². The highest BCUT2D eigenvalue weighted by molar-refractivity contribution is 8.13. The first-order valence-corrected chi connectivity index (χ1v) is 4.78. The number of hydrogen-bond donors (Lipinski definition) is 2. The fourth-order valence-corrected chi connectivity index (χ4v) is 1.55. The van der Waals surface area contributed by atoms with Crippen molar-refractivity contribution in [3.05, 3.63) is 0 Å². The largest absolute Gasteiger partial charge is 0.330 e. The van der Waals surface area contributed by atoms with Crippen molar-refractivity contribution in [2.24, 2.45) is 5.73 Å². The van der Waals surface area contributed by atoms with E-state index in [1.54, 1.807) is 7.05 Å². The fraction of sp³-hybridized carbons (Fsp3) is 0.857. The van der Waals surface area contributed by atoms with E-state index in [-0.39, 0.29) is 36.0 Å². The summed E-state index contributed by atoms with van der Waals surface area (Å²) in [7, 11) is 1.80. The molecule has 0 bridgehead atoms. The maximum Gasteiger partial charge on any atom is 0.205 e. The van der Waals surface area contributed by atoms with Gasteiger partial charge in [0.15, 0.2) is 0 Å². The Morgan fingerprint density at radius 2 is 2.08 bits per heavy atom. The monoisotopic (exact) mass is 248 g/mol. The Morgan fingerprint density at radius 3 is 2.38 bits per heavy atom. The Kier molecular flexibility index (Phi) is 18.4. The standard InChI is InChI=1S/C7H16N2OS.2ClH/c1-3-6(9-2)7(10)11-5-4-8;;/h6,9H,3-5,8H2,1-2H3;2*1H. The van der Waals surface area contributed by atoms with E-state index in [4.69, 9.17) is 5.73 Å². The summed E-state index contributed by atoms with van der Waals surface area (Å²) in [6, 6.07) is -0.00782. The molecule has 0 saturated carbocycles. The summed E-state index contributed by atoms with van der Waals surface area (Å²) in [5, 5.41) is 3.14. The van der Waals surface area contributed by atoms with Crippen LogP contribution in [0.2, 0.25) is 0 Å². The average Bonchev–Trinajstić information content (AvgIpc) is 2.03. The normalized spacial score (nSPS) is 11.0. The van der Waals surface area contributed by atoms with Crippen molar-refractivity contribution in [1.82, 2.24) is 5.32 Å². The molecule has 0 spiro atoms. The smallest absolute Gasteiger partial charge is 0.205 e. The van der Waals surface area contributed by atoms with Crippen molar-refractivity contribution < 1.29 is 4.79 Å². The minimum atomic E-state index is -0.00782. The minimum absolute atomic E-state index is 0. The highest BCUT2D eigenvalue weighted by Gasteiger charge is 2.12. The SMILES string of the molecule is CCC(NC)C(=O)SCCN.Cl.Cl.